The fourth-order valence-corrected chi connectivity index (χ4v) is 2.03. The first kappa shape index (κ1) is 13.6. The van der Waals surface area contributed by atoms with Gasteiger partial charge in [0.2, 0.25) is 0 Å². The van der Waals surface area contributed by atoms with Crippen molar-refractivity contribution in [3.8, 4) is 0 Å². The van der Waals surface area contributed by atoms with Gasteiger partial charge in [-0.25, -0.2) is 8.78 Å². The quantitative estimate of drug-likeness (QED) is 0.919. The van der Waals surface area contributed by atoms with Crippen LogP contribution in [0.25, 0.3) is 0 Å². The highest BCUT2D eigenvalue weighted by atomic mass is 19.1. The van der Waals surface area contributed by atoms with Gasteiger partial charge in [0.05, 0.1) is 0 Å². The molecule has 0 aliphatic heterocycles. The van der Waals surface area contributed by atoms with Crippen LogP contribution >= 0.6 is 0 Å². The molecule has 2 unspecified atom stereocenters. The average molecular weight is 262 g/mol. The van der Waals surface area contributed by atoms with Crippen molar-refractivity contribution in [3.05, 3.63) is 65.0 Å². The number of benzene rings is 1. The Labute approximate surface area is 111 Å². The number of aromatic nitrogens is 1. The Morgan fingerprint density at radius 1 is 1.16 bits per heavy atom. The molecule has 0 aliphatic carbocycles. The number of hydrogen-bond acceptors (Lipinski definition) is 2. The number of rotatable bonds is 3. The molecule has 2 rings (SSSR count). The van der Waals surface area contributed by atoms with Crippen molar-refractivity contribution in [3.63, 3.8) is 0 Å². The lowest BCUT2D eigenvalue weighted by atomic mass is 9.91. The summed E-state index contributed by atoms with van der Waals surface area (Å²) in [7, 11) is 0. The zero-order chi connectivity index (χ0) is 14.0. The van der Waals surface area contributed by atoms with Crippen LogP contribution in [0, 0.1) is 18.6 Å². The Balaban J connectivity index is 2.34. The van der Waals surface area contributed by atoms with Crippen LogP contribution in [0.1, 0.15) is 35.7 Å². The standard InChI is InChI=1S/C15H16F2N2/c1-9-7-11(13(17)8-12(9)16)15(18)10(2)14-5-3-4-6-19-14/h3-8,10,15H,18H2,1-2H3. The number of nitrogens with zero attached hydrogens (tertiary/aromatic N) is 1. The van der Waals surface area contributed by atoms with E-state index >= 15 is 0 Å². The van der Waals surface area contributed by atoms with Crippen LogP contribution in [-0.2, 0) is 0 Å². The van der Waals surface area contributed by atoms with E-state index in [0.29, 0.717) is 11.1 Å². The summed E-state index contributed by atoms with van der Waals surface area (Å²) in [6.45, 7) is 3.47. The molecule has 1 aromatic heterocycles. The monoisotopic (exact) mass is 262 g/mol. The molecule has 2 atom stereocenters. The van der Waals surface area contributed by atoms with Gasteiger partial charge < -0.3 is 5.73 Å². The Bertz CT molecular complexity index is 570. The van der Waals surface area contributed by atoms with E-state index < -0.39 is 17.7 Å². The van der Waals surface area contributed by atoms with Crippen molar-refractivity contribution in [1.29, 1.82) is 0 Å². The summed E-state index contributed by atoms with van der Waals surface area (Å²) in [5.74, 6) is -1.32. The van der Waals surface area contributed by atoms with E-state index in [4.69, 9.17) is 5.73 Å². The summed E-state index contributed by atoms with van der Waals surface area (Å²) >= 11 is 0. The van der Waals surface area contributed by atoms with Crippen LogP contribution in [0.5, 0.6) is 0 Å². The minimum absolute atomic E-state index is 0.152. The van der Waals surface area contributed by atoms with Crippen molar-refractivity contribution < 1.29 is 8.78 Å². The zero-order valence-corrected chi connectivity index (χ0v) is 10.9. The lowest BCUT2D eigenvalue weighted by molar-refractivity contribution is 0.519. The third kappa shape index (κ3) is 2.79. The first-order chi connectivity index (χ1) is 9.00. The maximum absolute atomic E-state index is 13.8. The maximum atomic E-state index is 13.8. The molecule has 0 saturated carbocycles. The number of aryl methyl sites for hydroxylation is 1. The highest BCUT2D eigenvalue weighted by Crippen LogP contribution is 2.30. The predicted molar refractivity (Wildman–Crippen MR) is 70.7 cm³/mol. The molecular formula is C15H16F2N2. The molecule has 0 aliphatic rings. The van der Waals surface area contributed by atoms with Gasteiger partial charge in [0, 0.05) is 35.5 Å². The van der Waals surface area contributed by atoms with Gasteiger partial charge in [-0.1, -0.05) is 13.0 Å². The first-order valence-electron chi connectivity index (χ1n) is 6.12. The van der Waals surface area contributed by atoms with Crippen LogP contribution in [-0.4, -0.2) is 4.98 Å². The highest BCUT2D eigenvalue weighted by Gasteiger charge is 2.21. The molecule has 0 amide bonds. The molecule has 0 radical (unpaired) electrons. The molecule has 0 spiro atoms. The number of pyridine rings is 1. The van der Waals surface area contributed by atoms with Crippen molar-refractivity contribution in [2.75, 3.05) is 0 Å². The Kier molecular flexibility index (Phi) is 3.90. The van der Waals surface area contributed by atoms with Crippen LogP contribution in [0.4, 0.5) is 8.78 Å². The minimum atomic E-state index is -0.613. The number of nitrogens with two attached hydrogens (primary N) is 1. The fraction of sp³-hybridized carbons (Fsp3) is 0.267. The predicted octanol–water partition coefficient (Wildman–Crippen LogP) is 3.47. The van der Waals surface area contributed by atoms with Crippen molar-refractivity contribution >= 4 is 0 Å². The van der Waals surface area contributed by atoms with Crippen LogP contribution in [0.3, 0.4) is 0 Å². The number of hydrogen-bond donors (Lipinski definition) is 1. The summed E-state index contributed by atoms with van der Waals surface area (Å²) in [6, 6.07) is 7.31. The lowest BCUT2D eigenvalue weighted by Crippen LogP contribution is -2.20. The largest absolute Gasteiger partial charge is 0.323 e. The molecule has 2 nitrogen and oxygen atoms in total. The number of halogens is 2. The second-order valence-electron chi connectivity index (χ2n) is 4.69. The molecule has 4 heteroatoms. The van der Waals surface area contributed by atoms with E-state index in [0.717, 1.165) is 11.8 Å². The van der Waals surface area contributed by atoms with E-state index in [-0.39, 0.29) is 5.92 Å². The van der Waals surface area contributed by atoms with E-state index in [9.17, 15) is 8.78 Å². The SMILES string of the molecule is Cc1cc(C(N)C(C)c2ccccn2)c(F)cc1F. The zero-order valence-electron chi connectivity index (χ0n) is 10.9. The molecule has 100 valence electrons. The van der Waals surface area contributed by atoms with Crippen LogP contribution < -0.4 is 5.73 Å². The second kappa shape index (κ2) is 5.45. The summed E-state index contributed by atoms with van der Waals surface area (Å²) in [6.07, 6.45) is 1.67. The van der Waals surface area contributed by atoms with Gasteiger partial charge in [0.15, 0.2) is 0 Å². The van der Waals surface area contributed by atoms with Gasteiger partial charge in [0.1, 0.15) is 11.6 Å². The van der Waals surface area contributed by atoms with Gasteiger partial charge >= 0.3 is 0 Å². The van der Waals surface area contributed by atoms with Gasteiger partial charge in [-0.15, -0.1) is 0 Å². The molecular weight excluding hydrogens is 246 g/mol. The minimum Gasteiger partial charge on any atom is -0.323 e. The summed E-state index contributed by atoms with van der Waals surface area (Å²) in [5.41, 5.74) is 7.58. The normalized spacial score (nSPS) is 14.2. The molecule has 2 aromatic rings. The molecule has 0 bridgehead atoms. The topological polar surface area (TPSA) is 38.9 Å². The highest BCUT2D eigenvalue weighted by molar-refractivity contribution is 5.30. The molecule has 19 heavy (non-hydrogen) atoms. The molecule has 1 heterocycles. The first-order valence-corrected chi connectivity index (χ1v) is 6.12. The van der Waals surface area contributed by atoms with E-state index in [1.165, 1.54) is 6.07 Å². The van der Waals surface area contributed by atoms with E-state index in [1.54, 1.807) is 13.1 Å². The van der Waals surface area contributed by atoms with Gasteiger partial charge in [-0.3, -0.25) is 4.98 Å². The second-order valence-corrected chi connectivity index (χ2v) is 4.69. The lowest BCUT2D eigenvalue weighted by Gasteiger charge is -2.21. The van der Waals surface area contributed by atoms with E-state index in [2.05, 4.69) is 4.98 Å². The maximum Gasteiger partial charge on any atom is 0.130 e. The molecule has 0 fully saturated rings. The Hall–Kier alpha value is -1.81. The van der Waals surface area contributed by atoms with Crippen molar-refractivity contribution in [2.24, 2.45) is 5.73 Å². The third-order valence-corrected chi connectivity index (χ3v) is 3.33. The Morgan fingerprint density at radius 3 is 2.53 bits per heavy atom. The van der Waals surface area contributed by atoms with Gasteiger partial charge in [-0.2, -0.15) is 0 Å². The average Bonchev–Trinajstić information content (AvgIpc) is 2.42. The van der Waals surface area contributed by atoms with Crippen LogP contribution in [0.2, 0.25) is 0 Å². The summed E-state index contributed by atoms with van der Waals surface area (Å²) in [4.78, 5) is 4.22. The summed E-state index contributed by atoms with van der Waals surface area (Å²) < 4.78 is 27.1. The van der Waals surface area contributed by atoms with Gasteiger partial charge in [0.25, 0.3) is 0 Å². The fourth-order valence-electron chi connectivity index (χ4n) is 2.03. The molecule has 1 aromatic carbocycles. The van der Waals surface area contributed by atoms with Crippen LogP contribution in [0.15, 0.2) is 36.5 Å². The molecule has 0 saturated heterocycles. The van der Waals surface area contributed by atoms with Gasteiger partial charge in [-0.05, 0) is 30.7 Å². The van der Waals surface area contributed by atoms with Crippen molar-refractivity contribution in [2.45, 2.75) is 25.8 Å². The van der Waals surface area contributed by atoms with E-state index in [1.807, 2.05) is 25.1 Å². The van der Waals surface area contributed by atoms with Crippen molar-refractivity contribution in [1.82, 2.24) is 4.98 Å². The molecule has 2 N–H and O–H groups in total. The Morgan fingerprint density at radius 2 is 1.89 bits per heavy atom. The smallest absolute Gasteiger partial charge is 0.130 e. The third-order valence-electron chi connectivity index (χ3n) is 3.33. The summed E-state index contributed by atoms with van der Waals surface area (Å²) in [5, 5.41) is 0.